The average Bonchev–Trinajstić information content (AvgIpc) is 3.00. The molecule has 1 aromatic carbocycles. The van der Waals surface area contributed by atoms with Crippen molar-refractivity contribution in [3.63, 3.8) is 0 Å². The van der Waals surface area contributed by atoms with Gasteiger partial charge in [0.15, 0.2) is 0 Å². The highest BCUT2D eigenvalue weighted by Gasteiger charge is 2.24. The fourth-order valence-electron chi connectivity index (χ4n) is 3.91. The summed E-state index contributed by atoms with van der Waals surface area (Å²) >= 11 is 0. The van der Waals surface area contributed by atoms with Crippen LogP contribution in [0, 0.1) is 19.8 Å². The first kappa shape index (κ1) is 16.4. The molecule has 0 saturated heterocycles. The fourth-order valence-corrected chi connectivity index (χ4v) is 3.91. The Hall–Kier alpha value is -1.42. The standard InChI is InChI=1S/C19H25F2NO/c1-12-9-13(2)19-16(7-8-22-19)17(12)10-14-3-5-15(6-4-14)23-11-18(20)21/h7-9,14-15,18,22H,3-6,10-11H2,1-2H3. The van der Waals surface area contributed by atoms with E-state index in [-0.39, 0.29) is 6.10 Å². The zero-order valence-corrected chi connectivity index (χ0v) is 13.9. The van der Waals surface area contributed by atoms with Crippen LogP contribution in [0.4, 0.5) is 8.78 Å². The SMILES string of the molecule is Cc1cc(C)c2[nH]ccc2c1CC1CCC(OCC(F)F)CC1. The summed E-state index contributed by atoms with van der Waals surface area (Å²) in [6, 6.07) is 4.42. The minimum absolute atomic E-state index is 0.0200. The first-order valence-corrected chi connectivity index (χ1v) is 8.50. The molecule has 1 saturated carbocycles. The highest BCUT2D eigenvalue weighted by Crippen LogP contribution is 2.33. The fraction of sp³-hybridized carbons (Fsp3) is 0.579. The maximum atomic E-state index is 12.2. The summed E-state index contributed by atoms with van der Waals surface area (Å²) in [5.74, 6) is 0.626. The van der Waals surface area contributed by atoms with Crippen LogP contribution in [0.3, 0.4) is 0 Å². The normalized spacial score (nSPS) is 22.1. The third kappa shape index (κ3) is 3.74. The van der Waals surface area contributed by atoms with Crippen molar-refractivity contribution in [3.05, 3.63) is 35.0 Å². The third-order valence-electron chi connectivity index (χ3n) is 5.12. The molecule has 0 unspecified atom stereocenters. The number of aryl methyl sites for hydroxylation is 2. The molecule has 3 rings (SSSR count). The van der Waals surface area contributed by atoms with Gasteiger partial charge in [0.2, 0.25) is 0 Å². The van der Waals surface area contributed by atoms with E-state index in [4.69, 9.17) is 4.74 Å². The molecule has 126 valence electrons. The third-order valence-corrected chi connectivity index (χ3v) is 5.12. The number of benzene rings is 1. The van der Waals surface area contributed by atoms with Crippen LogP contribution in [0.25, 0.3) is 10.9 Å². The van der Waals surface area contributed by atoms with Crippen molar-refractivity contribution in [3.8, 4) is 0 Å². The lowest BCUT2D eigenvalue weighted by Gasteiger charge is -2.29. The van der Waals surface area contributed by atoms with Gasteiger partial charge in [-0.2, -0.15) is 0 Å². The minimum atomic E-state index is -2.36. The summed E-state index contributed by atoms with van der Waals surface area (Å²) in [6.45, 7) is 3.91. The van der Waals surface area contributed by atoms with Gasteiger partial charge < -0.3 is 9.72 Å². The highest BCUT2D eigenvalue weighted by molar-refractivity contribution is 5.87. The first-order valence-electron chi connectivity index (χ1n) is 8.50. The lowest BCUT2D eigenvalue weighted by Crippen LogP contribution is -2.24. The van der Waals surface area contributed by atoms with Crippen molar-refractivity contribution < 1.29 is 13.5 Å². The van der Waals surface area contributed by atoms with Gasteiger partial charge >= 0.3 is 0 Å². The summed E-state index contributed by atoms with van der Waals surface area (Å²) in [4.78, 5) is 3.34. The molecule has 2 nitrogen and oxygen atoms in total. The van der Waals surface area contributed by atoms with Gasteiger partial charge in [0.25, 0.3) is 6.43 Å². The minimum Gasteiger partial charge on any atom is -0.372 e. The zero-order valence-electron chi connectivity index (χ0n) is 13.9. The van der Waals surface area contributed by atoms with Gasteiger partial charge in [-0.1, -0.05) is 6.07 Å². The van der Waals surface area contributed by atoms with Crippen molar-refractivity contribution in [2.75, 3.05) is 6.61 Å². The molecule has 0 radical (unpaired) electrons. The van der Waals surface area contributed by atoms with Crippen LogP contribution in [-0.2, 0) is 11.2 Å². The van der Waals surface area contributed by atoms with Crippen LogP contribution in [-0.4, -0.2) is 24.1 Å². The first-order chi connectivity index (χ1) is 11.0. The number of fused-ring (bicyclic) bond motifs is 1. The number of hydrogen-bond donors (Lipinski definition) is 1. The monoisotopic (exact) mass is 321 g/mol. The van der Waals surface area contributed by atoms with Crippen molar-refractivity contribution in [1.82, 2.24) is 4.98 Å². The molecule has 1 aliphatic carbocycles. The second kappa shape index (κ2) is 7.00. The van der Waals surface area contributed by atoms with E-state index < -0.39 is 13.0 Å². The maximum absolute atomic E-state index is 12.2. The van der Waals surface area contributed by atoms with Gasteiger partial charge in [-0.05, 0) is 74.6 Å². The molecule has 1 N–H and O–H groups in total. The average molecular weight is 321 g/mol. The molecular weight excluding hydrogens is 296 g/mol. The van der Waals surface area contributed by atoms with E-state index in [1.165, 1.54) is 27.6 Å². The van der Waals surface area contributed by atoms with E-state index >= 15 is 0 Å². The van der Waals surface area contributed by atoms with Crippen LogP contribution in [0.15, 0.2) is 18.3 Å². The Morgan fingerprint density at radius 1 is 1.17 bits per heavy atom. The van der Waals surface area contributed by atoms with Gasteiger partial charge in [-0.25, -0.2) is 8.78 Å². The van der Waals surface area contributed by atoms with E-state index in [1.807, 2.05) is 6.20 Å². The lowest BCUT2D eigenvalue weighted by atomic mass is 9.81. The largest absolute Gasteiger partial charge is 0.372 e. The van der Waals surface area contributed by atoms with E-state index in [9.17, 15) is 8.78 Å². The predicted octanol–water partition coefficient (Wildman–Crippen LogP) is 5.17. The number of H-pyrrole nitrogens is 1. The summed E-state index contributed by atoms with van der Waals surface area (Å²) in [6.07, 6.45) is 4.67. The van der Waals surface area contributed by atoms with Gasteiger partial charge in [-0.3, -0.25) is 0 Å². The Kier molecular flexibility index (Phi) is 5.00. The van der Waals surface area contributed by atoms with Gasteiger partial charge in [0.1, 0.15) is 6.61 Å². The number of hydrogen-bond acceptors (Lipinski definition) is 1. The molecule has 0 aliphatic heterocycles. The Balaban J connectivity index is 1.64. The van der Waals surface area contributed by atoms with Crippen LogP contribution in [0.2, 0.25) is 0 Å². The van der Waals surface area contributed by atoms with Crippen molar-refractivity contribution in [1.29, 1.82) is 0 Å². The molecule has 1 aromatic heterocycles. The summed E-state index contributed by atoms with van der Waals surface area (Å²) < 4.78 is 29.7. The quantitative estimate of drug-likeness (QED) is 0.807. The van der Waals surface area contributed by atoms with Gasteiger partial charge in [0, 0.05) is 17.1 Å². The molecule has 2 aromatic rings. The van der Waals surface area contributed by atoms with Crippen molar-refractivity contribution >= 4 is 10.9 Å². The Bertz CT molecular complexity index is 657. The summed E-state index contributed by atoms with van der Waals surface area (Å²) in [7, 11) is 0. The lowest BCUT2D eigenvalue weighted by molar-refractivity contribution is -0.0415. The number of rotatable bonds is 5. The Labute approximate surface area is 136 Å². The van der Waals surface area contributed by atoms with Crippen LogP contribution in [0.5, 0.6) is 0 Å². The number of halogens is 2. The Morgan fingerprint density at radius 2 is 1.91 bits per heavy atom. The molecule has 23 heavy (non-hydrogen) atoms. The maximum Gasteiger partial charge on any atom is 0.261 e. The number of ether oxygens (including phenoxy) is 1. The Morgan fingerprint density at radius 3 is 2.61 bits per heavy atom. The van der Waals surface area contributed by atoms with Crippen molar-refractivity contribution in [2.45, 2.75) is 58.5 Å². The van der Waals surface area contributed by atoms with E-state index in [0.29, 0.717) is 5.92 Å². The van der Waals surface area contributed by atoms with Crippen LogP contribution in [0.1, 0.15) is 42.4 Å². The summed E-state index contributed by atoms with van der Waals surface area (Å²) in [5.41, 5.74) is 5.31. The number of aromatic nitrogens is 1. The zero-order chi connectivity index (χ0) is 16.4. The number of aromatic amines is 1. The van der Waals surface area contributed by atoms with E-state index in [1.54, 1.807) is 0 Å². The number of nitrogens with one attached hydrogen (secondary N) is 1. The second-order valence-corrected chi connectivity index (χ2v) is 6.83. The molecule has 1 heterocycles. The molecule has 4 heteroatoms. The smallest absolute Gasteiger partial charge is 0.261 e. The highest BCUT2D eigenvalue weighted by atomic mass is 19.3. The molecule has 0 amide bonds. The topological polar surface area (TPSA) is 25.0 Å². The molecule has 1 aliphatic rings. The molecule has 0 atom stereocenters. The molecule has 1 fully saturated rings. The van der Waals surface area contributed by atoms with Gasteiger partial charge in [-0.15, -0.1) is 0 Å². The van der Waals surface area contributed by atoms with E-state index in [0.717, 1.165) is 32.1 Å². The predicted molar refractivity (Wildman–Crippen MR) is 89.2 cm³/mol. The van der Waals surface area contributed by atoms with Crippen LogP contribution < -0.4 is 0 Å². The van der Waals surface area contributed by atoms with E-state index in [2.05, 4.69) is 31.0 Å². The second-order valence-electron chi connectivity index (χ2n) is 6.83. The number of alkyl halides is 2. The summed E-state index contributed by atoms with van der Waals surface area (Å²) in [5, 5.41) is 1.33. The molecular formula is C19H25F2NO. The molecule has 0 spiro atoms. The molecule has 0 bridgehead atoms. The van der Waals surface area contributed by atoms with Crippen molar-refractivity contribution in [2.24, 2.45) is 5.92 Å². The van der Waals surface area contributed by atoms with Gasteiger partial charge in [0.05, 0.1) is 6.10 Å². The van der Waals surface area contributed by atoms with Crippen LogP contribution >= 0.6 is 0 Å².